The van der Waals surface area contributed by atoms with Crippen molar-refractivity contribution < 1.29 is 13.2 Å². The van der Waals surface area contributed by atoms with Crippen molar-refractivity contribution in [2.75, 3.05) is 17.1 Å². The molecule has 0 bridgehead atoms. The molecule has 0 saturated heterocycles. The van der Waals surface area contributed by atoms with E-state index in [2.05, 4.69) is 26.2 Å². The number of carbonyl (C=O) groups is 1. The second-order valence-electron chi connectivity index (χ2n) is 4.88. The summed E-state index contributed by atoms with van der Waals surface area (Å²) in [6.45, 7) is 0.0395. The monoisotopic (exact) mass is 397 g/mol. The average Bonchev–Trinajstić information content (AvgIpc) is 2.50. The van der Waals surface area contributed by atoms with Gasteiger partial charge < -0.3 is 5.32 Å². The van der Waals surface area contributed by atoms with Crippen LogP contribution in [0.5, 0.6) is 0 Å². The van der Waals surface area contributed by atoms with Crippen LogP contribution in [0.4, 0.5) is 5.69 Å². The zero-order valence-electron chi connectivity index (χ0n) is 12.4. The van der Waals surface area contributed by atoms with Gasteiger partial charge in [-0.1, -0.05) is 22.0 Å². The lowest BCUT2D eigenvalue weighted by Gasteiger charge is -2.22. The molecule has 1 heterocycles. The van der Waals surface area contributed by atoms with Crippen LogP contribution in [0, 0.1) is 0 Å². The van der Waals surface area contributed by atoms with Gasteiger partial charge >= 0.3 is 0 Å². The van der Waals surface area contributed by atoms with Gasteiger partial charge in [0, 0.05) is 23.4 Å². The number of halogens is 1. The van der Waals surface area contributed by atoms with Crippen LogP contribution < -0.4 is 9.62 Å². The number of sulfonamides is 1. The van der Waals surface area contributed by atoms with Crippen molar-refractivity contribution in [2.24, 2.45) is 0 Å². The minimum Gasteiger partial charge on any atom is -0.350 e. The molecule has 2 aromatic rings. The van der Waals surface area contributed by atoms with E-state index in [9.17, 15) is 13.2 Å². The Morgan fingerprint density at radius 1 is 1.26 bits per heavy atom. The fourth-order valence-electron chi connectivity index (χ4n) is 1.92. The molecule has 0 saturated carbocycles. The van der Waals surface area contributed by atoms with E-state index in [1.165, 1.54) is 0 Å². The van der Waals surface area contributed by atoms with Crippen molar-refractivity contribution in [1.29, 1.82) is 0 Å². The molecule has 0 radical (unpaired) electrons. The molecule has 23 heavy (non-hydrogen) atoms. The number of pyridine rings is 1. The van der Waals surface area contributed by atoms with Crippen LogP contribution in [0.1, 0.15) is 5.56 Å². The molecule has 1 aromatic carbocycles. The van der Waals surface area contributed by atoms with E-state index in [1.54, 1.807) is 48.8 Å². The van der Waals surface area contributed by atoms with Crippen LogP contribution in [0.3, 0.4) is 0 Å². The van der Waals surface area contributed by atoms with Crippen molar-refractivity contribution in [3.05, 3.63) is 58.8 Å². The first kappa shape index (κ1) is 17.4. The highest BCUT2D eigenvalue weighted by Crippen LogP contribution is 2.21. The summed E-state index contributed by atoms with van der Waals surface area (Å²) in [5.41, 5.74) is 1.32. The number of hydrogen-bond acceptors (Lipinski definition) is 4. The van der Waals surface area contributed by atoms with E-state index < -0.39 is 10.0 Å². The predicted octanol–water partition coefficient (Wildman–Crippen LogP) is 1.93. The van der Waals surface area contributed by atoms with Gasteiger partial charge in [-0.3, -0.25) is 14.1 Å². The molecule has 122 valence electrons. The molecular formula is C15H16BrN3O3S. The molecule has 6 nitrogen and oxygen atoms in total. The summed E-state index contributed by atoms with van der Waals surface area (Å²) in [4.78, 5) is 16.0. The molecule has 0 aliphatic rings. The topological polar surface area (TPSA) is 79.4 Å². The number of nitrogens with zero attached hydrogens (tertiary/aromatic N) is 2. The highest BCUT2D eigenvalue weighted by molar-refractivity contribution is 9.10. The second-order valence-corrected chi connectivity index (χ2v) is 7.70. The minimum absolute atomic E-state index is 0.277. The Kier molecular flexibility index (Phi) is 5.73. The molecule has 2 rings (SSSR count). The van der Waals surface area contributed by atoms with Crippen LogP contribution >= 0.6 is 15.9 Å². The highest BCUT2D eigenvalue weighted by atomic mass is 79.9. The highest BCUT2D eigenvalue weighted by Gasteiger charge is 2.20. The third-order valence-electron chi connectivity index (χ3n) is 3.02. The van der Waals surface area contributed by atoms with Gasteiger partial charge in [0.25, 0.3) is 0 Å². The van der Waals surface area contributed by atoms with Gasteiger partial charge in [-0.25, -0.2) is 8.42 Å². The lowest BCUT2D eigenvalue weighted by atomic mass is 10.3. The van der Waals surface area contributed by atoms with Crippen LogP contribution in [-0.2, 0) is 21.4 Å². The summed E-state index contributed by atoms with van der Waals surface area (Å²) >= 11 is 3.30. The van der Waals surface area contributed by atoms with Crippen molar-refractivity contribution in [1.82, 2.24) is 10.3 Å². The van der Waals surface area contributed by atoms with Crippen LogP contribution in [-0.4, -0.2) is 32.1 Å². The third kappa shape index (κ3) is 5.33. The Balaban J connectivity index is 2.08. The van der Waals surface area contributed by atoms with E-state index in [1.807, 2.05) is 0 Å². The largest absolute Gasteiger partial charge is 0.350 e. The number of aromatic nitrogens is 1. The predicted molar refractivity (Wildman–Crippen MR) is 92.4 cm³/mol. The van der Waals surface area contributed by atoms with Crippen LogP contribution in [0.2, 0.25) is 0 Å². The zero-order chi connectivity index (χ0) is 16.9. The van der Waals surface area contributed by atoms with Crippen molar-refractivity contribution in [3.63, 3.8) is 0 Å². The molecule has 0 fully saturated rings. The molecule has 8 heteroatoms. The first-order valence-electron chi connectivity index (χ1n) is 6.75. The maximum absolute atomic E-state index is 12.1. The second kappa shape index (κ2) is 7.56. The van der Waals surface area contributed by atoms with Gasteiger partial charge in [0.15, 0.2) is 0 Å². The molecule has 1 N–H and O–H groups in total. The third-order valence-corrected chi connectivity index (χ3v) is 4.66. The summed E-state index contributed by atoms with van der Waals surface area (Å²) in [6.07, 6.45) is 4.33. The van der Waals surface area contributed by atoms with Gasteiger partial charge in [0.2, 0.25) is 15.9 Å². The number of nitrogens with one attached hydrogen (secondary N) is 1. The van der Waals surface area contributed by atoms with Crippen LogP contribution in [0.15, 0.2) is 53.3 Å². The van der Waals surface area contributed by atoms with Crippen molar-refractivity contribution >= 4 is 37.5 Å². The standard InChI is InChI=1S/C15H16BrN3O3S/c1-23(21,22)19(14-4-2-3-13(16)9-14)11-15(20)18-10-12-5-7-17-8-6-12/h2-9H,10-11H2,1H3,(H,18,20). The number of amides is 1. The minimum atomic E-state index is -3.57. The molecule has 0 spiro atoms. The summed E-state index contributed by atoms with van der Waals surface area (Å²) in [5.74, 6) is -0.382. The zero-order valence-corrected chi connectivity index (χ0v) is 14.8. The van der Waals surface area contributed by atoms with Gasteiger partial charge in [-0.05, 0) is 35.9 Å². The van der Waals surface area contributed by atoms with E-state index in [0.717, 1.165) is 20.6 Å². The lowest BCUT2D eigenvalue weighted by molar-refractivity contribution is -0.119. The first-order chi connectivity index (χ1) is 10.9. The summed E-state index contributed by atoms with van der Waals surface area (Å²) in [7, 11) is -3.57. The van der Waals surface area contributed by atoms with E-state index in [-0.39, 0.29) is 12.5 Å². The fraction of sp³-hybridized carbons (Fsp3) is 0.200. The van der Waals surface area contributed by atoms with Crippen LogP contribution in [0.25, 0.3) is 0 Å². The molecule has 0 unspecified atom stereocenters. The number of anilines is 1. The number of benzene rings is 1. The fourth-order valence-corrected chi connectivity index (χ4v) is 3.15. The SMILES string of the molecule is CS(=O)(=O)N(CC(=O)NCc1ccncc1)c1cccc(Br)c1. The summed E-state index contributed by atoms with van der Waals surface area (Å²) in [6, 6.07) is 10.4. The Morgan fingerprint density at radius 3 is 2.57 bits per heavy atom. The van der Waals surface area contributed by atoms with Gasteiger partial charge in [-0.15, -0.1) is 0 Å². The Labute approximate surface area is 143 Å². The molecule has 0 aliphatic carbocycles. The van der Waals surface area contributed by atoms with E-state index in [4.69, 9.17) is 0 Å². The van der Waals surface area contributed by atoms with E-state index >= 15 is 0 Å². The Bertz CT molecular complexity index is 782. The number of hydrogen-bond donors (Lipinski definition) is 1. The Hall–Kier alpha value is -1.93. The average molecular weight is 398 g/mol. The smallest absolute Gasteiger partial charge is 0.241 e. The van der Waals surface area contributed by atoms with E-state index in [0.29, 0.717) is 12.2 Å². The normalized spacial score (nSPS) is 11.0. The first-order valence-corrected chi connectivity index (χ1v) is 9.39. The summed E-state index contributed by atoms with van der Waals surface area (Å²) in [5, 5.41) is 2.70. The van der Waals surface area contributed by atoms with Gasteiger partial charge in [-0.2, -0.15) is 0 Å². The molecule has 0 atom stereocenters. The number of carbonyl (C=O) groups excluding carboxylic acids is 1. The van der Waals surface area contributed by atoms with Gasteiger partial charge in [0.05, 0.1) is 11.9 Å². The lowest BCUT2D eigenvalue weighted by Crippen LogP contribution is -2.40. The maximum Gasteiger partial charge on any atom is 0.241 e. The summed E-state index contributed by atoms with van der Waals surface area (Å²) < 4.78 is 25.8. The van der Waals surface area contributed by atoms with Crippen molar-refractivity contribution in [3.8, 4) is 0 Å². The molecule has 1 aromatic heterocycles. The molecule has 1 amide bonds. The van der Waals surface area contributed by atoms with Gasteiger partial charge in [0.1, 0.15) is 6.54 Å². The molecular weight excluding hydrogens is 382 g/mol. The molecule has 0 aliphatic heterocycles. The number of rotatable bonds is 6. The quantitative estimate of drug-likeness (QED) is 0.807. The van der Waals surface area contributed by atoms with Crippen molar-refractivity contribution in [2.45, 2.75) is 6.54 Å². The Morgan fingerprint density at radius 2 is 1.96 bits per heavy atom. The maximum atomic E-state index is 12.1.